The summed E-state index contributed by atoms with van der Waals surface area (Å²) < 4.78 is 12.8. The van der Waals surface area contributed by atoms with Gasteiger partial charge in [0.05, 0.1) is 0 Å². The smallest absolute Gasteiger partial charge is 0.164 e. The van der Waals surface area contributed by atoms with Gasteiger partial charge in [-0.3, -0.25) is 0 Å². The van der Waals surface area contributed by atoms with Crippen LogP contribution in [-0.2, 0) is 9.98 Å². The maximum atomic E-state index is 12.8. The maximum absolute atomic E-state index is 12.8. The normalized spacial score (nSPS) is 19.8. The van der Waals surface area contributed by atoms with E-state index in [9.17, 15) is 4.57 Å². The second kappa shape index (κ2) is 12.5. The van der Waals surface area contributed by atoms with Crippen molar-refractivity contribution in [1.29, 1.82) is 0 Å². The van der Waals surface area contributed by atoms with Crippen molar-refractivity contribution in [3.63, 3.8) is 0 Å². The first-order valence-corrected chi connectivity index (χ1v) is 20.6. The van der Waals surface area contributed by atoms with Crippen LogP contribution in [0.2, 0.25) is 0 Å². The first-order chi connectivity index (χ1) is 24.8. The van der Waals surface area contributed by atoms with Crippen LogP contribution in [0.5, 0.6) is 0 Å². The van der Waals surface area contributed by atoms with Crippen molar-refractivity contribution in [3.05, 3.63) is 157 Å². The first-order valence-electron chi connectivity index (χ1n) is 18.0. The number of rotatable bonds is 7. The molecule has 0 radical (unpaired) electrons. The summed E-state index contributed by atoms with van der Waals surface area (Å²) in [6, 6.07) is 51.5. The van der Waals surface area contributed by atoms with E-state index in [-0.39, 0.29) is 5.41 Å². The zero-order valence-electron chi connectivity index (χ0n) is 29.0. The molecule has 5 heteroatoms. The second-order valence-corrected chi connectivity index (χ2v) is 18.1. The Morgan fingerprint density at radius 2 is 1.10 bits per heavy atom. The van der Waals surface area contributed by atoms with Crippen LogP contribution in [0.1, 0.15) is 36.8 Å². The molecule has 3 unspecified atom stereocenters. The molecule has 7 aromatic rings. The van der Waals surface area contributed by atoms with E-state index in [1.807, 2.05) is 43.7 Å². The minimum Gasteiger partial charge on any atom is -0.319 e. The molecular formula is C46H40N3OP. The highest BCUT2D eigenvalue weighted by Crippen LogP contribution is 2.60. The fourth-order valence-corrected chi connectivity index (χ4v) is 9.67. The molecule has 2 bridgehead atoms. The molecule has 51 heavy (non-hydrogen) atoms. The van der Waals surface area contributed by atoms with E-state index in [0.717, 1.165) is 44.4 Å². The average Bonchev–Trinajstić information content (AvgIpc) is 3.81. The molecule has 0 amide bonds. The third-order valence-corrected chi connectivity index (χ3v) is 12.9. The summed E-state index contributed by atoms with van der Waals surface area (Å²) in [7, 11) is -2.34. The zero-order valence-corrected chi connectivity index (χ0v) is 29.9. The van der Waals surface area contributed by atoms with Crippen LogP contribution in [0.4, 0.5) is 0 Å². The predicted molar refractivity (Wildman–Crippen MR) is 211 cm³/mol. The molecule has 0 saturated heterocycles. The summed E-state index contributed by atoms with van der Waals surface area (Å²) in [6.07, 6.45) is 5.06. The van der Waals surface area contributed by atoms with Crippen LogP contribution >= 0.6 is 7.14 Å². The summed E-state index contributed by atoms with van der Waals surface area (Å²) >= 11 is 0. The Bertz CT molecular complexity index is 2440. The van der Waals surface area contributed by atoms with E-state index < -0.39 is 7.14 Å². The number of aromatic nitrogens is 3. The Labute approximate surface area is 300 Å². The molecule has 0 N–H and O–H groups in total. The lowest BCUT2D eigenvalue weighted by molar-refractivity contribution is 0.320. The van der Waals surface area contributed by atoms with Gasteiger partial charge in [0.1, 0.15) is 7.14 Å². The quantitative estimate of drug-likeness (QED) is 0.157. The Morgan fingerprint density at radius 1 is 0.529 bits per heavy atom. The molecule has 2 aliphatic rings. The van der Waals surface area contributed by atoms with Crippen molar-refractivity contribution in [1.82, 2.24) is 15.0 Å². The topological polar surface area (TPSA) is 55.7 Å². The molecule has 2 saturated carbocycles. The van der Waals surface area contributed by atoms with Gasteiger partial charge in [-0.05, 0) is 89.6 Å². The summed E-state index contributed by atoms with van der Waals surface area (Å²) in [4.78, 5) is 15.1. The molecular weight excluding hydrogens is 642 g/mol. The van der Waals surface area contributed by atoms with E-state index in [1.54, 1.807) is 0 Å². The van der Waals surface area contributed by atoms with Gasteiger partial charge >= 0.3 is 0 Å². The average molecular weight is 682 g/mol. The Balaban J connectivity index is 1.10. The molecule has 9 rings (SSSR count). The lowest BCUT2D eigenvalue weighted by Crippen LogP contribution is -2.34. The fourth-order valence-electron chi connectivity index (χ4n) is 8.78. The zero-order chi connectivity index (χ0) is 34.6. The largest absolute Gasteiger partial charge is 0.319 e. The van der Waals surface area contributed by atoms with Gasteiger partial charge < -0.3 is 4.57 Å². The van der Waals surface area contributed by atoms with Gasteiger partial charge in [-0.15, -0.1) is 0 Å². The van der Waals surface area contributed by atoms with Gasteiger partial charge in [0.25, 0.3) is 0 Å². The highest BCUT2D eigenvalue weighted by Gasteiger charge is 2.52. The van der Waals surface area contributed by atoms with E-state index in [0.29, 0.717) is 23.4 Å². The maximum Gasteiger partial charge on any atom is 0.164 e. The van der Waals surface area contributed by atoms with Crippen molar-refractivity contribution in [3.8, 4) is 45.3 Å². The second-order valence-electron chi connectivity index (χ2n) is 14.8. The standard InChI is InChI=1S/C46H40N3OP/c1-51(2,50)42-14-8-13-37(29-42)33-18-23-39(24-19-33)46(30-31-15-22-41(46)27-31)40-25-20-35(21-26-40)44-47-43(34-10-4-3-5-11-34)48-45(49-44)38-17-16-32-9-6-7-12-36(32)28-38/h3-14,16-21,23-26,28-29,31,41H,15,22,27,30H2,1-2H3. The van der Waals surface area contributed by atoms with E-state index in [4.69, 9.17) is 15.0 Å². The number of hydrogen-bond acceptors (Lipinski definition) is 4. The first kappa shape index (κ1) is 31.8. The van der Waals surface area contributed by atoms with Crippen LogP contribution in [0.15, 0.2) is 146 Å². The van der Waals surface area contributed by atoms with Gasteiger partial charge in [-0.1, -0.05) is 140 Å². The van der Waals surface area contributed by atoms with Crippen molar-refractivity contribution < 1.29 is 4.57 Å². The lowest BCUT2D eigenvalue weighted by atomic mass is 9.64. The molecule has 1 aromatic heterocycles. The third-order valence-electron chi connectivity index (χ3n) is 11.4. The predicted octanol–water partition coefficient (Wildman–Crippen LogP) is 11.0. The van der Waals surface area contributed by atoms with Gasteiger partial charge in [-0.25, -0.2) is 15.0 Å². The molecule has 0 spiro atoms. The monoisotopic (exact) mass is 681 g/mol. The Kier molecular flexibility index (Phi) is 7.82. The minimum atomic E-state index is -2.34. The van der Waals surface area contributed by atoms with Gasteiger partial charge in [0.15, 0.2) is 17.5 Å². The van der Waals surface area contributed by atoms with Crippen LogP contribution < -0.4 is 5.30 Å². The fraction of sp³-hybridized carbons (Fsp3) is 0.196. The van der Waals surface area contributed by atoms with E-state index in [1.165, 1.54) is 42.2 Å². The van der Waals surface area contributed by atoms with Crippen molar-refractivity contribution in [2.45, 2.75) is 31.1 Å². The third kappa shape index (κ3) is 5.82. The molecule has 4 nitrogen and oxygen atoms in total. The molecule has 3 atom stereocenters. The van der Waals surface area contributed by atoms with Gasteiger partial charge in [0, 0.05) is 27.4 Å². The van der Waals surface area contributed by atoms with E-state index in [2.05, 4.69) is 115 Å². The van der Waals surface area contributed by atoms with Crippen molar-refractivity contribution in [2.24, 2.45) is 11.8 Å². The van der Waals surface area contributed by atoms with E-state index >= 15 is 0 Å². The van der Waals surface area contributed by atoms with Crippen molar-refractivity contribution in [2.75, 3.05) is 13.3 Å². The molecule has 6 aromatic carbocycles. The van der Waals surface area contributed by atoms with Crippen LogP contribution in [0.25, 0.3) is 56.1 Å². The highest BCUT2D eigenvalue weighted by atomic mass is 31.2. The molecule has 1 heterocycles. The Morgan fingerprint density at radius 3 is 1.73 bits per heavy atom. The minimum absolute atomic E-state index is 0.0189. The molecule has 250 valence electrons. The molecule has 0 aliphatic heterocycles. The summed E-state index contributed by atoms with van der Waals surface area (Å²) in [5.74, 6) is 3.40. The highest BCUT2D eigenvalue weighted by molar-refractivity contribution is 7.70. The lowest BCUT2D eigenvalue weighted by Gasteiger charge is -2.39. The number of benzene rings is 6. The van der Waals surface area contributed by atoms with Crippen LogP contribution in [0.3, 0.4) is 0 Å². The Hall–Kier alpha value is -5.18. The SMILES string of the molecule is CP(C)(=O)c1cccc(-c2ccc(C3(c4ccc(-c5nc(-c6ccccc6)nc(-c6ccc7ccccc7c6)n5)cc4)CC4CCC3C4)cc2)c1. The summed E-state index contributed by atoms with van der Waals surface area (Å²) in [5, 5.41) is 3.28. The molecule has 2 aliphatic carbocycles. The summed E-state index contributed by atoms with van der Waals surface area (Å²) in [5.41, 5.74) is 7.95. The number of hydrogen-bond donors (Lipinski definition) is 0. The van der Waals surface area contributed by atoms with Crippen molar-refractivity contribution >= 4 is 23.2 Å². The number of fused-ring (bicyclic) bond motifs is 3. The van der Waals surface area contributed by atoms with Crippen LogP contribution in [-0.4, -0.2) is 28.3 Å². The van der Waals surface area contributed by atoms with Crippen LogP contribution in [0, 0.1) is 11.8 Å². The number of nitrogens with zero attached hydrogens (tertiary/aromatic N) is 3. The molecule has 2 fully saturated rings. The summed E-state index contributed by atoms with van der Waals surface area (Å²) in [6.45, 7) is 3.68. The van der Waals surface area contributed by atoms with Gasteiger partial charge in [-0.2, -0.15) is 0 Å². The van der Waals surface area contributed by atoms with Gasteiger partial charge in [0.2, 0.25) is 0 Å².